The predicted molar refractivity (Wildman–Crippen MR) is 65.1 cm³/mol. The fraction of sp³-hybridized carbons (Fsp3) is 0.538. The zero-order chi connectivity index (χ0) is 12.3. The van der Waals surface area contributed by atoms with Crippen LogP contribution in [-0.2, 0) is 0 Å². The maximum absolute atomic E-state index is 10.00. The van der Waals surface area contributed by atoms with Gasteiger partial charge in [0.1, 0.15) is 5.75 Å². The van der Waals surface area contributed by atoms with Crippen molar-refractivity contribution in [1.82, 2.24) is 0 Å². The standard InChI is InChI=1S/C13H21NO2/c1-13(2,3)12(14)8-11(16)9-6-4-5-7-10(9)15/h4-7,11-12,15-16H,8,14H2,1-3H3/t11-,12+/m1/s1. The molecule has 16 heavy (non-hydrogen) atoms. The molecule has 0 spiro atoms. The van der Waals surface area contributed by atoms with Crippen LogP contribution < -0.4 is 5.73 Å². The molecule has 3 heteroatoms. The smallest absolute Gasteiger partial charge is 0.121 e. The van der Waals surface area contributed by atoms with E-state index in [2.05, 4.69) is 0 Å². The first kappa shape index (κ1) is 13.0. The van der Waals surface area contributed by atoms with Crippen molar-refractivity contribution in [1.29, 1.82) is 0 Å². The number of hydrogen-bond acceptors (Lipinski definition) is 3. The Bertz CT molecular complexity index is 344. The van der Waals surface area contributed by atoms with Crippen molar-refractivity contribution in [2.24, 2.45) is 11.1 Å². The zero-order valence-electron chi connectivity index (χ0n) is 10.1. The van der Waals surface area contributed by atoms with E-state index in [1.165, 1.54) is 0 Å². The number of rotatable bonds is 3. The molecule has 0 fully saturated rings. The summed E-state index contributed by atoms with van der Waals surface area (Å²) in [6, 6.07) is 6.70. The van der Waals surface area contributed by atoms with E-state index in [1.807, 2.05) is 20.8 Å². The lowest BCUT2D eigenvalue weighted by Gasteiger charge is -2.29. The van der Waals surface area contributed by atoms with Crippen LogP contribution in [0.2, 0.25) is 0 Å². The molecule has 0 unspecified atom stereocenters. The Morgan fingerprint density at radius 3 is 2.31 bits per heavy atom. The van der Waals surface area contributed by atoms with E-state index < -0.39 is 6.10 Å². The van der Waals surface area contributed by atoms with Crippen molar-refractivity contribution >= 4 is 0 Å². The molecule has 0 heterocycles. The first-order valence-corrected chi connectivity index (χ1v) is 5.54. The van der Waals surface area contributed by atoms with Crippen molar-refractivity contribution in [3.05, 3.63) is 29.8 Å². The summed E-state index contributed by atoms with van der Waals surface area (Å²) < 4.78 is 0. The van der Waals surface area contributed by atoms with Gasteiger partial charge in [-0.25, -0.2) is 0 Å². The van der Waals surface area contributed by atoms with Crippen LogP contribution in [0.15, 0.2) is 24.3 Å². The maximum atomic E-state index is 10.00. The first-order valence-electron chi connectivity index (χ1n) is 5.54. The van der Waals surface area contributed by atoms with E-state index in [0.29, 0.717) is 12.0 Å². The number of aromatic hydroxyl groups is 1. The fourth-order valence-corrected chi connectivity index (χ4v) is 1.49. The summed E-state index contributed by atoms with van der Waals surface area (Å²) in [5.41, 5.74) is 6.49. The molecular formula is C13H21NO2. The van der Waals surface area contributed by atoms with E-state index in [1.54, 1.807) is 24.3 Å². The van der Waals surface area contributed by atoms with E-state index in [0.717, 1.165) is 0 Å². The summed E-state index contributed by atoms with van der Waals surface area (Å²) in [5, 5.41) is 19.6. The van der Waals surface area contributed by atoms with Crippen LogP contribution in [0.1, 0.15) is 38.9 Å². The van der Waals surface area contributed by atoms with Gasteiger partial charge in [0.05, 0.1) is 6.10 Å². The molecule has 0 radical (unpaired) electrons. The summed E-state index contributed by atoms with van der Waals surface area (Å²) in [7, 11) is 0. The Balaban J connectivity index is 2.73. The van der Waals surface area contributed by atoms with Crippen LogP contribution in [-0.4, -0.2) is 16.3 Å². The maximum Gasteiger partial charge on any atom is 0.121 e. The molecule has 0 amide bonds. The van der Waals surface area contributed by atoms with Gasteiger partial charge in [0.25, 0.3) is 0 Å². The van der Waals surface area contributed by atoms with Crippen LogP contribution in [0, 0.1) is 5.41 Å². The molecule has 90 valence electrons. The summed E-state index contributed by atoms with van der Waals surface area (Å²) in [6.45, 7) is 6.11. The van der Waals surface area contributed by atoms with Crippen LogP contribution in [0.25, 0.3) is 0 Å². The predicted octanol–water partition coefficient (Wildman–Crippen LogP) is 2.19. The largest absolute Gasteiger partial charge is 0.508 e. The van der Waals surface area contributed by atoms with Crippen molar-refractivity contribution in [2.75, 3.05) is 0 Å². The average molecular weight is 223 g/mol. The van der Waals surface area contributed by atoms with Gasteiger partial charge in [-0.05, 0) is 17.9 Å². The highest BCUT2D eigenvalue weighted by Gasteiger charge is 2.24. The SMILES string of the molecule is CC(C)(C)[C@@H](N)C[C@@H](O)c1ccccc1O. The van der Waals surface area contributed by atoms with Gasteiger partial charge >= 0.3 is 0 Å². The minimum atomic E-state index is -0.713. The molecule has 2 atom stereocenters. The monoisotopic (exact) mass is 223 g/mol. The van der Waals surface area contributed by atoms with Crippen molar-refractivity contribution in [3.8, 4) is 5.75 Å². The highest BCUT2D eigenvalue weighted by atomic mass is 16.3. The molecule has 0 saturated heterocycles. The van der Waals surface area contributed by atoms with Gasteiger partial charge in [-0.2, -0.15) is 0 Å². The molecule has 4 N–H and O–H groups in total. The van der Waals surface area contributed by atoms with Crippen molar-refractivity contribution < 1.29 is 10.2 Å². The lowest BCUT2D eigenvalue weighted by Crippen LogP contribution is -2.36. The van der Waals surface area contributed by atoms with E-state index in [-0.39, 0.29) is 17.2 Å². The van der Waals surface area contributed by atoms with E-state index in [4.69, 9.17) is 5.73 Å². The minimum absolute atomic E-state index is 0.0502. The topological polar surface area (TPSA) is 66.5 Å². The van der Waals surface area contributed by atoms with Gasteiger partial charge in [0.2, 0.25) is 0 Å². The van der Waals surface area contributed by atoms with Gasteiger partial charge in [-0.15, -0.1) is 0 Å². The second kappa shape index (κ2) is 4.85. The van der Waals surface area contributed by atoms with Crippen LogP contribution in [0.5, 0.6) is 5.75 Å². The average Bonchev–Trinajstić information content (AvgIpc) is 2.16. The number of phenols is 1. The summed E-state index contributed by atoms with van der Waals surface area (Å²) in [6.07, 6.45) is -0.267. The van der Waals surface area contributed by atoms with Gasteiger partial charge in [0, 0.05) is 11.6 Å². The summed E-state index contributed by atoms with van der Waals surface area (Å²) in [5.74, 6) is 0.121. The molecule has 0 aromatic heterocycles. The molecule has 1 aromatic carbocycles. The zero-order valence-corrected chi connectivity index (χ0v) is 10.1. The first-order chi connectivity index (χ1) is 7.32. The fourth-order valence-electron chi connectivity index (χ4n) is 1.49. The highest BCUT2D eigenvalue weighted by Crippen LogP contribution is 2.30. The number of hydrogen-bond donors (Lipinski definition) is 3. The van der Waals surface area contributed by atoms with E-state index >= 15 is 0 Å². The van der Waals surface area contributed by atoms with Crippen LogP contribution in [0.4, 0.5) is 0 Å². The number of aliphatic hydroxyl groups is 1. The summed E-state index contributed by atoms with van der Waals surface area (Å²) in [4.78, 5) is 0. The van der Waals surface area contributed by atoms with Gasteiger partial charge in [0.15, 0.2) is 0 Å². The highest BCUT2D eigenvalue weighted by molar-refractivity contribution is 5.33. The second-order valence-corrected chi connectivity index (χ2v) is 5.28. The van der Waals surface area contributed by atoms with Gasteiger partial charge in [-0.3, -0.25) is 0 Å². The normalized spacial score (nSPS) is 15.8. The number of para-hydroxylation sites is 1. The Hall–Kier alpha value is -1.06. The van der Waals surface area contributed by atoms with Crippen LogP contribution in [0.3, 0.4) is 0 Å². The third-order valence-electron chi connectivity index (χ3n) is 2.89. The molecule has 0 bridgehead atoms. The molecule has 0 aliphatic carbocycles. The third-order valence-corrected chi connectivity index (χ3v) is 2.89. The second-order valence-electron chi connectivity index (χ2n) is 5.28. The number of benzene rings is 1. The number of phenolic OH excluding ortho intramolecular Hbond substituents is 1. The summed E-state index contributed by atoms with van der Waals surface area (Å²) >= 11 is 0. The molecule has 0 aliphatic heterocycles. The Morgan fingerprint density at radius 1 is 1.25 bits per heavy atom. The Labute approximate surface area is 96.9 Å². The van der Waals surface area contributed by atoms with Crippen molar-refractivity contribution in [2.45, 2.75) is 39.3 Å². The molecule has 3 nitrogen and oxygen atoms in total. The van der Waals surface area contributed by atoms with Gasteiger partial charge in [-0.1, -0.05) is 39.0 Å². The van der Waals surface area contributed by atoms with Crippen LogP contribution >= 0.6 is 0 Å². The molecule has 0 aliphatic rings. The third kappa shape index (κ3) is 3.22. The molecular weight excluding hydrogens is 202 g/mol. The Kier molecular flexibility index (Phi) is 3.94. The molecule has 0 saturated carbocycles. The molecule has 1 aromatic rings. The van der Waals surface area contributed by atoms with Gasteiger partial charge < -0.3 is 15.9 Å². The van der Waals surface area contributed by atoms with Crippen molar-refractivity contribution in [3.63, 3.8) is 0 Å². The Morgan fingerprint density at radius 2 is 1.81 bits per heavy atom. The molecule has 1 rings (SSSR count). The minimum Gasteiger partial charge on any atom is -0.508 e. The van der Waals surface area contributed by atoms with E-state index in [9.17, 15) is 10.2 Å². The number of nitrogens with two attached hydrogens (primary N) is 1. The quantitative estimate of drug-likeness (QED) is 0.736. The number of aliphatic hydroxyl groups excluding tert-OH is 1. The lowest BCUT2D eigenvalue weighted by atomic mass is 9.83. The lowest BCUT2D eigenvalue weighted by molar-refractivity contribution is 0.131.